The van der Waals surface area contributed by atoms with Gasteiger partial charge in [0.1, 0.15) is 0 Å². The van der Waals surface area contributed by atoms with Crippen LogP contribution in [0.25, 0.3) is 11.3 Å². The molecular formula is C19H28N2. The maximum Gasteiger partial charge on any atom is 0.0955 e. The lowest BCUT2D eigenvalue weighted by Crippen LogP contribution is -2.17. The summed E-state index contributed by atoms with van der Waals surface area (Å²) in [6.07, 6.45) is 0. The SMILES string of the molecule is Cc1c(-c2ccc(C(C)(C)C)cc2)nn(C)c1C(C)(C)C. The predicted molar refractivity (Wildman–Crippen MR) is 90.8 cm³/mol. The van der Waals surface area contributed by atoms with Crippen LogP contribution < -0.4 is 0 Å². The highest BCUT2D eigenvalue weighted by molar-refractivity contribution is 5.65. The highest BCUT2D eigenvalue weighted by atomic mass is 15.3. The fourth-order valence-corrected chi connectivity index (χ4v) is 3.08. The molecule has 0 spiro atoms. The van der Waals surface area contributed by atoms with Gasteiger partial charge in [0.15, 0.2) is 0 Å². The Bertz CT molecular complexity index is 632. The molecule has 0 fully saturated rings. The van der Waals surface area contributed by atoms with Gasteiger partial charge in [-0.3, -0.25) is 4.68 Å². The van der Waals surface area contributed by atoms with Crippen molar-refractivity contribution in [3.63, 3.8) is 0 Å². The van der Waals surface area contributed by atoms with E-state index >= 15 is 0 Å². The first kappa shape index (κ1) is 15.8. The third-order valence-corrected chi connectivity index (χ3v) is 4.02. The summed E-state index contributed by atoms with van der Waals surface area (Å²) < 4.78 is 2.03. The third-order valence-electron chi connectivity index (χ3n) is 4.02. The number of aryl methyl sites for hydroxylation is 1. The summed E-state index contributed by atoms with van der Waals surface area (Å²) >= 11 is 0. The van der Waals surface area contributed by atoms with Crippen molar-refractivity contribution in [2.75, 3.05) is 0 Å². The molecule has 0 atom stereocenters. The maximum absolute atomic E-state index is 4.76. The lowest BCUT2D eigenvalue weighted by atomic mass is 9.85. The minimum absolute atomic E-state index is 0.107. The van der Waals surface area contributed by atoms with Crippen molar-refractivity contribution in [1.82, 2.24) is 9.78 Å². The molecule has 2 aromatic rings. The van der Waals surface area contributed by atoms with Crippen molar-refractivity contribution < 1.29 is 0 Å². The molecule has 2 heteroatoms. The maximum atomic E-state index is 4.76. The summed E-state index contributed by atoms with van der Waals surface area (Å²) in [6, 6.07) is 8.84. The summed E-state index contributed by atoms with van der Waals surface area (Å²) in [5.41, 5.74) is 6.54. The van der Waals surface area contributed by atoms with Gasteiger partial charge in [-0.2, -0.15) is 5.10 Å². The summed E-state index contributed by atoms with van der Waals surface area (Å²) in [4.78, 5) is 0. The summed E-state index contributed by atoms with van der Waals surface area (Å²) in [5, 5.41) is 4.76. The van der Waals surface area contributed by atoms with Crippen LogP contribution in [0.1, 0.15) is 58.4 Å². The lowest BCUT2D eigenvalue weighted by molar-refractivity contribution is 0.520. The van der Waals surface area contributed by atoms with Gasteiger partial charge in [0.25, 0.3) is 0 Å². The van der Waals surface area contributed by atoms with Crippen LogP contribution in [0.5, 0.6) is 0 Å². The smallest absolute Gasteiger partial charge is 0.0955 e. The van der Waals surface area contributed by atoms with E-state index in [0.29, 0.717) is 0 Å². The Balaban J connectivity index is 2.49. The number of hydrogen-bond donors (Lipinski definition) is 0. The molecule has 0 aliphatic heterocycles. The Kier molecular flexibility index (Phi) is 3.77. The van der Waals surface area contributed by atoms with Crippen LogP contribution in [0.2, 0.25) is 0 Å². The van der Waals surface area contributed by atoms with Gasteiger partial charge in [-0.1, -0.05) is 65.8 Å². The summed E-state index contributed by atoms with van der Waals surface area (Å²) in [7, 11) is 2.04. The van der Waals surface area contributed by atoms with E-state index in [4.69, 9.17) is 5.10 Å². The van der Waals surface area contributed by atoms with E-state index in [9.17, 15) is 0 Å². The second kappa shape index (κ2) is 5.01. The van der Waals surface area contributed by atoms with Crippen molar-refractivity contribution in [3.8, 4) is 11.3 Å². The van der Waals surface area contributed by atoms with E-state index in [-0.39, 0.29) is 10.8 Å². The Morgan fingerprint density at radius 2 is 1.38 bits per heavy atom. The van der Waals surface area contributed by atoms with Gasteiger partial charge in [-0.25, -0.2) is 0 Å². The molecule has 0 radical (unpaired) electrons. The molecule has 1 heterocycles. The van der Waals surface area contributed by atoms with Crippen molar-refractivity contribution in [1.29, 1.82) is 0 Å². The molecule has 1 aromatic heterocycles. The topological polar surface area (TPSA) is 17.8 Å². The van der Waals surface area contributed by atoms with Crippen LogP contribution in [-0.2, 0) is 17.9 Å². The van der Waals surface area contributed by atoms with E-state index in [1.54, 1.807) is 0 Å². The number of nitrogens with zero attached hydrogens (tertiary/aromatic N) is 2. The number of benzene rings is 1. The summed E-state index contributed by atoms with van der Waals surface area (Å²) in [6.45, 7) is 15.6. The van der Waals surface area contributed by atoms with Crippen LogP contribution in [0.3, 0.4) is 0 Å². The zero-order valence-electron chi connectivity index (χ0n) is 14.7. The van der Waals surface area contributed by atoms with Gasteiger partial charge in [-0.05, 0) is 23.5 Å². The molecule has 0 unspecified atom stereocenters. The molecular weight excluding hydrogens is 256 g/mol. The molecule has 21 heavy (non-hydrogen) atoms. The zero-order valence-corrected chi connectivity index (χ0v) is 14.7. The highest BCUT2D eigenvalue weighted by Gasteiger charge is 2.24. The predicted octanol–water partition coefficient (Wildman–Crippen LogP) is 4.99. The standard InChI is InChI=1S/C19H28N2/c1-13-16(20-21(8)17(13)19(5,6)7)14-9-11-15(12-10-14)18(2,3)4/h9-12H,1-8H3. The molecule has 2 nitrogen and oxygen atoms in total. The number of hydrogen-bond acceptors (Lipinski definition) is 1. The van der Waals surface area contributed by atoms with Crippen molar-refractivity contribution in [2.45, 2.75) is 59.3 Å². The molecule has 0 amide bonds. The van der Waals surface area contributed by atoms with Crippen LogP contribution in [-0.4, -0.2) is 9.78 Å². The first-order valence-corrected chi connectivity index (χ1v) is 7.67. The highest BCUT2D eigenvalue weighted by Crippen LogP contribution is 2.33. The van der Waals surface area contributed by atoms with Gasteiger partial charge in [0.2, 0.25) is 0 Å². The normalized spacial score (nSPS) is 12.8. The molecule has 1 aromatic carbocycles. The number of rotatable bonds is 1. The minimum atomic E-state index is 0.107. The molecule has 0 aliphatic carbocycles. The van der Waals surface area contributed by atoms with Crippen molar-refractivity contribution in [2.24, 2.45) is 7.05 Å². The molecule has 0 bridgehead atoms. The molecule has 0 saturated carbocycles. The Morgan fingerprint density at radius 3 is 1.76 bits per heavy atom. The molecule has 0 N–H and O–H groups in total. The van der Waals surface area contributed by atoms with Crippen LogP contribution in [0.4, 0.5) is 0 Å². The average molecular weight is 284 g/mol. The van der Waals surface area contributed by atoms with Crippen LogP contribution in [0, 0.1) is 6.92 Å². The van der Waals surface area contributed by atoms with E-state index in [0.717, 1.165) is 5.69 Å². The molecule has 2 rings (SSSR count). The first-order chi connectivity index (χ1) is 9.51. The van der Waals surface area contributed by atoms with Gasteiger partial charge < -0.3 is 0 Å². The van der Waals surface area contributed by atoms with E-state index in [1.807, 2.05) is 11.7 Å². The largest absolute Gasteiger partial charge is 0.271 e. The first-order valence-electron chi connectivity index (χ1n) is 7.67. The van der Waals surface area contributed by atoms with Crippen LogP contribution >= 0.6 is 0 Å². The Morgan fingerprint density at radius 1 is 0.857 bits per heavy atom. The van der Waals surface area contributed by atoms with Crippen molar-refractivity contribution in [3.05, 3.63) is 41.1 Å². The van der Waals surface area contributed by atoms with Crippen LogP contribution in [0.15, 0.2) is 24.3 Å². The zero-order chi connectivity index (χ0) is 16.0. The van der Waals surface area contributed by atoms with Gasteiger partial charge in [0.05, 0.1) is 5.69 Å². The second-order valence-corrected chi connectivity index (χ2v) is 8.02. The van der Waals surface area contributed by atoms with Gasteiger partial charge >= 0.3 is 0 Å². The molecule has 114 valence electrons. The minimum Gasteiger partial charge on any atom is -0.271 e. The fourth-order valence-electron chi connectivity index (χ4n) is 3.08. The summed E-state index contributed by atoms with van der Waals surface area (Å²) in [5.74, 6) is 0. The third kappa shape index (κ3) is 3.04. The fraction of sp³-hybridized carbons (Fsp3) is 0.526. The van der Waals surface area contributed by atoms with E-state index in [2.05, 4.69) is 72.7 Å². The Labute approximate surface area is 129 Å². The van der Waals surface area contributed by atoms with E-state index < -0.39 is 0 Å². The van der Waals surface area contributed by atoms with Gasteiger partial charge in [-0.15, -0.1) is 0 Å². The lowest BCUT2D eigenvalue weighted by Gasteiger charge is -2.20. The monoisotopic (exact) mass is 284 g/mol. The molecule has 0 aliphatic rings. The number of aromatic nitrogens is 2. The van der Waals surface area contributed by atoms with Gasteiger partial charge in [0, 0.05) is 23.7 Å². The van der Waals surface area contributed by atoms with Crippen molar-refractivity contribution >= 4 is 0 Å². The second-order valence-electron chi connectivity index (χ2n) is 8.02. The Hall–Kier alpha value is -1.57. The molecule has 0 saturated heterocycles. The van der Waals surface area contributed by atoms with E-state index in [1.165, 1.54) is 22.4 Å². The average Bonchev–Trinajstić information content (AvgIpc) is 2.63. The quantitative estimate of drug-likeness (QED) is 0.721.